The van der Waals surface area contributed by atoms with Gasteiger partial charge in [-0.05, 0) is 37.1 Å². The highest BCUT2D eigenvalue weighted by molar-refractivity contribution is 9.09. The van der Waals surface area contributed by atoms with E-state index in [1.165, 1.54) is 25.0 Å². The van der Waals surface area contributed by atoms with Gasteiger partial charge in [0.1, 0.15) is 5.82 Å². The van der Waals surface area contributed by atoms with E-state index < -0.39 is 0 Å². The van der Waals surface area contributed by atoms with Crippen LogP contribution in [-0.2, 0) is 6.54 Å². The fourth-order valence-electron chi connectivity index (χ4n) is 1.41. The summed E-state index contributed by atoms with van der Waals surface area (Å²) in [6, 6.07) is 4.51. The van der Waals surface area contributed by atoms with Crippen LogP contribution in [0.3, 0.4) is 0 Å². The van der Waals surface area contributed by atoms with Gasteiger partial charge < -0.3 is 5.32 Å². The van der Waals surface area contributed by atoms with Crippen molar-refractivity contribution in [3.05, 3.63) is 34.6 Å². The molecule has 0 saturated heterocycles. The van der Waals surface area contributed by atoms with Gasteiger partial charge in [-0.2, -0.15) is 0 Å². The first-order valence-corrected chi connectivity index (χ1v) is 6.94. The van der Waals surface area contributed by atoms with E-state index in [9.17, 15) is 4.39 Å². The number of hydrogen-bond donors (Lipinski definition) is 1. The first-order valence-electron chi connectivity index (χ1n) is 5.44. The summed E-state index contributed by atoms with van der Waals surface area (Å²) in [5.41, 5.74) is 0.948. The van der Waals surface area contributed by atoms with Crippen LogP contribution in [0.15, 0.2) is 18.2 Å². The third-order valence-electron chi connectivity index (χ3n) is 2.32. The van der Waals surface area contributed by atoms with Gasteiger partial charge in [0, 0.05) is 16.9 Å². The first kappa shape index (κ1) is 13.9. The van der Waals surface area contributed by atoms with Crippen molar-refractivity contribution in [2.45, 2.75) is 25.8 Å². The first-order chi connectivity index (χ1) is 7.74. The van der Waals surface area contributed by atoms with Gasteiger partial charge in [-0.3, -0.25) is 0 Å². The van der Waals surface area contributed by atoms with E-state index in [2.05, 4.69) is 21.2 Å². The lowest BCUT2D eigenvalue weighted by atomic mass is 10.2. The molecule has 1 aromatic carbocycles. The zero-order valence-electron chi connectivity index (χ0n) is 9.11. The number of alkyl halides is 1. The van der Waals surface area contributed by atoms with Crippen molar-refractivity contribution in [1.82, 2.24) is 5.32 Å². The summed E-state index contributed by atoms with van der Waals surface area (Å²) in [4.78, 5) is 0. The SMILES string of the molecule is Fc1ccc(CNCCCCCBr)c(Cl)c1. The molecule has 0 unspecified atom stereocenters. The minimum Gasteiger partial charge on any atom is -0.313 e. The molecule has 1 rings (SSSR count). The second-order valence-corrected chi connectivity index (χ2v) is 4.86. The highest BCUT2D eigenvalue weighted by Gasteiger charge is 2.00. The van der Waals surface area contributed by atoms with Gasteiger partial charge in [0.25, 0.3) is 0 Å². The van der Waals surface area contributed by atoms with Crippen LogP contribution >= 0.6 is 27.5 Å². The summed E-state index contributed by atoms with van der Waals surface area (Å²) in [5, 5.41) is 4.86. The van der Waals surface area contributed by atoms with E-state index in [-0.39, 0.29) is 5.82 Å². The van der Waals surface area contributed by atoms with Gasteiger partial charge in [-0.1, -0.05) is 40.0 Å². The lowest BCUT2D eigenvalue weighted by molar-refractivity contribution is 0.613. The van der Waals surface area contributed by atoms with Crippen LogP contribution < -0.4 is 5.32 Å². The van der Waals surface area contributed by atoms with Gasteiger partial charge >= 0.3 is 0 Å². The van der Waals surface area contributed by atoms with Crippen molar-refractivity contribution < 1.29 is 4.39 Å². The minimum atomic E-state index is -0.286. The number of hydrogen-bond acceptors (Lipinski definition) is 1. The molecule has 1 N–H and O–H groups in total. The van der Waals surface area contributed by atoms with Crippen molar-refractivity contribution in [2.24, 2.45) is 0 Å². The maximum atomic E-state index is 12.8. The Bertz CT molecular complexity index is 320. The Hall–Kier alpha value is -0.120. The molecule has 0 heterocycles. The van der Waals surface area contributed by atoms with Crippen LogP contribution in [0.1, 0.15) is 24.8 Å². The maximum Gasteiger partial charge on any atom is 0.124 e. The summed E-state index contributed by atoms with van der Waals surface area (Å²) in [5.74, 6) is -0.286. The van der Waals surface area contributed by atoms with E-state index in [1.54, 1.807) is 6.07 Å². The quantitative estimate of drug-likeness (QED) is 0.590. The molecule has 0 bridgehead atoms. The van der Waals surface area contributed by atoms with Gasteiger partial charge in [0.2, 0.25) is 0 Å². The largest absolute Gasteiger partial charge is 0.313 e. The van der Waals surface area contributed by atoms with Crippen LogP contribution in [-0.4, -0.2) is 11.9 Å². The Morgan fingerprint density at radius 3 is 2.75 bits per heavy atom. The Balaban J connectivity index is 2.21. The van der Waals surface area contributed by atoms with Crippen molar-refractivity contribution >= 4 is 27.5 Å². The molecule has 16 heavy (non-hydrogen) atoms. The van der Waals surface area contributed by atoms with Gasteiger partial charge in [-0.25, -0.2) is 4.39 Å². The average Bonchev–Trinajstić information content (AvgIpc) is 2.26. The third kappa shape index (κ3) is 5.28. The summed E-state index contributed by atoms with van der Waals surface area (Å²) < 4.78 is 12.8. The zero-order valence-corrected chi connectivity index (χ0v) is 11.5. The Morgan fingerprint density at radius 2 is 2.06 bits per heavy atom. The average molecular weight is 309 g/mol. The second kappa shape index (κ2) is 8.04. The van der Waals surface area contributed by atoms with E-state index in [0.717, 1.165) is 23.9 Å². The van der Waals surface area contributed by atoms with Crippen LogP contribution in [0.4, 0.5) is 4.39 Å². The number of benzene rings is 1. The molecule has 1 aromatic rings. The monoisotopic (exact) mass is 307 g/mol. The normalized spacial score (nSPS) is 10.7. The molecule has 0 amide bonds. The van der Waals surface area contributed by atoms with Crippen LogP contribution in [0.5, 0.6) is 0 Å². The molecule has 0 aliphatic heterocycles. The topological polar surface area (TPSA) is 12.0 Å². The molecule has 0 aliphatic rings. The lowest BCUT2D eigenvalue weighted by Crippen LogP contribution is -2.15. The van der Waals surface area contributed by atoms with Crippen molar-refractivity contribution in [3.63, 3.8) is 0 Å². The van der Waals surface area contributed by atoms with Crippen LogP contribution in [0, 0.1) is 5.82 Å². The summed E-state index contributed by atoms with van der Waals surface area (Å²) in [6.45, 7) is 1.67. The second-order valence-electron chi connectivity index (χ2n) is 3.66. The highest BCUT2D eigenvalue weighted by Crippen LogP contribution is 2.16. The maximum absolute atomic E-state index is 12.8. The molecule has 90 valence electrons. The molecular weight excluding hydrogens is 292 g/mol. The highest BCUT2D eigenvalue weighted by atomic mass is 79.9. The minimum absolute atomic E-state index is 0.286. The smallest absolute Gasteiger partial charge is 0.124 e. The van der Waals surface area contributed by atoms with Gasteiger partial charge in [0.05, 0.1) is 0 Å². The summed E-state index contributed by atoms with van der Waals surface area (Å²) in [7, 11) is 0. The molecule has 0 aliphatic carbocycles. The molecule has 0 atom stereocenters. The number of rotatable bonds is 7. The molecule has 0 saturated carbocycles. The van der Waals surface area contributed by atoms with Crippen LogP contribution in [0.2, 0.25) is 5.02 Å². The Kier molecular flexibility index (Phi) is 7.01. The Labute approximate surface area is 110 Å². The number of unbranched alkanes of at least 4 members (excludes halogenated alkanes) is 2. The van der Waals surface area contributed by atoms with E-state index in [1.807, 2.05) is 0 Å². The van der Waals surface area contributed by atoms with E-state index in [0.29, 0.717) is 11.6 Å². The third-order valence-corrected chi connectivity index (χ3v) is 3.23. The fraction of sp³-hybridized carbons (Fsp3) is 0.500. The molecule has 4 heteroatoms. The summed E-state index contributed by atoms with van der Waals surface area (Å²) >= 11 is 9.30. The van der Waals surface area contributed by atoms with Gasteiger partial charge in [-0.15, -0.1) is 0 Å². The van der Waals surface area contributed by atoms with E-state index >= 15 is 0 Å². The molecular formula is C12H16BrClFN. The molecule has 0 spiro atoms. The predicted molar refractivity (Wildman–Crippen MR) is 70.8 cm³/mol. The van der Waals surface area contributed by atoms with Crippen molar-refractivity contribution in [1.29, 1.82) is 0 Å². The molecule has 0 aromatic heterocycles. The fourth-order valence-corrected chi connectivity index (χ4v) is 2.04. The van der Waals surface area contributed by atoms with E-state index in [4.69, 9.17) is 11.6 Å². The van der Waals surface area contributed by atoms with Crippen molar-refractivity contribution in [2.75, 3.05) is 11.9 Å². The standard InChI is InChI=1S/C12H16BrClFN/c13-6-2-1-3-7-16-9-10-4-5-11(15)8-12(10)14/h4-5,8,16H,1-3,6-7,9H2. The number of halogens is 3. The van der Waals surface area contributed by atoms with Crippen molar-refractivity contribution in [3.8, 4) is 0 Å². The molecule has 0 fully saturated rings. The molecule has 1 nitrogen and oxygen atoms in total. The van der Waals surface area contributed by atoms with Crippen LogP contribution in [0.25, 0.3) is 0 Å². The lowest BCUT2D eigenvalue weighted by Gasteiger charge is -2.06. The van der Waals surface area contributed by atoms with Gasteiger partial charge in [0.15, 0.2) is 0 Å². The molecule has 0 radical (unpaired) electrons. The Morgan fingerprint density at radius 1 is 1.25 bits per heavy atom. The zero-order chi connectivity index (χ0) is 11.8. The summed E-state index contributed by atoms with van der Waals surface area (Å²) in [6.07, 6.45) is 3.58. The predicted octanol–water partition coefficient (Wildman–Crippen LogP) is 4.13. The number of nitrogens with one attached hydrogen (secondary N) is 1.